The molecule has 0 N–H and O–H groups in total. The quantitative estimate of drug-likeness (QED) is 0.269. The van der Waals surface area contributed by atoms with Crippen molar-refractivity contribution in [3.8, 4) is 5.75 Å². The highest BCUT2D eigenvalue weighted by molar-refractivity contribution is 9.09. The Kier molecular flexibility index (Phi) is 9.07. The summed E-state index contributed by atoms with van der Waals surface area (Å²) in [5.41, 5.74) is 1.45. The summed E-state index contributed by atoms with van der Waals surface area (Å²) in [5, 5.41) is 0.418. The van der Waals surface area contributed by atoms with Crippen LogP contribution in [0.15, 0.2) is 48.5 Å². The molecular formula is C23H34BrNO6S2Si. The first-order valence-corrected chi connectivity index (χ1v) is 18.4. The van der Waals surface area contributed by atoms with Crippen molar-refractivity contribution in [2.24, 2.45) is 0 Å². The monoisotopic (exact) mass is 591 g/mol. The Labute approximate surface area is 213 Å². The lowest BCUT2D eigenvalue weighted by molar-refractivity contribution is 0.208. The first-order valence-electron chi connectivity index (χ1n) is 10.7. The van der Waals surface area contributed by atoms with E-state index in [1.807, 2.05) is 30.3 Å². The summed E-state index contributed by atoms with van der Waals surface area (Å²) >= 11 is 3.51. The molecule has 2 aromatic rings. The largest absolute Gasteiger partial charge is 0.487 e. The number of ether oxygens (including phenoxy) is 1. The molecule has 0 saturated carbocycles. The topological polar surface area (TPSA) is 90.0 Å². The Morgan fingerprint density at radius 1 is 0.971 bits per heavy atom. The van der Waals surface area contributed by atoms with Gasteiger partial charge in [0.2, 0.25) is 20.0 Å². The van der Waals surface area contributed by atoms with Gasteiger partial charge in [0.1, 0.15) is 18.0 Å². The van der Waals surface area contributed by atoms with Crippen LogP contribution in [0.5, 0.6) is 5.75 Å². The van der Waals surface area contributed by atoms with Crippen LogP contribution in [0, 0.1) is 0 Å². The van der Waals surface area contributed by atoms with E-state index in [2.05, 4.69) is 49.8 Å². The van der Waals surface area contributed by atoms with Crippen LogP contribution in [0.4, 0.5) is 5.69 Å². The highest BCUT2D eigenvalue weighted by Crippen LogP contribution is 2.42. The lowest BCUT2D eigenvalue weighted by atomic mass is 10.1. The molecule has 7 nitrogen and oxygen atoms in total. The van der Waals surface area contributed by atoms with Gasteiger partial charge in [0.25, 0.3) is 0 Å². The molecule has 2 aromatic carbocycles. The fraction of sp³-hybridized carbons (Fsp3) is 0.478. The zero-order valence-corrected chi connectivity index (χ0v) is 24.9. The molecule has 2 rings (SSSR count). The third-order valence-corrected chi connectivity index (χ3v) is 14.1. The van der Waals surface area contributed by atoms with Crippen LogP contribution >= 0.6 is 15.9 Å². The summed E-state index contributed by atoms with van der Waals surface area (Å²) in [6.45, 7) is 10.8. The van der Waals surface area contributed by atoms with Crippen LogP contribution in [-0.2, 0) is 31.1 Å². The second-order valence-corrected chi connectivity index (χ2v) is 19.0. The molecular weight excluding hydrogens is 558 g/mol. The predicted octanol–water partition coefficient (Wildman–Crippen LogP) is 5.45. The Bertz CT molecular complexity index is 1160. The molecule has 0 aliphatic rings. The highest BCUT2D eigenvalue weighted by atomic mass is 79.9. The SMILES string of the molecule is CC(C)(C)[Si](C)(C)O[C@H](CBr)c1ccc(OCc2ccccc2)c(N(S(C)(=O)=O)S(C)(=O)=O)c1. The van der Waals surface area contributed by atoms with Crippen molar-refractivity contribution in [3.05, 3.63) is 59.7 Å². The standard InChI is InChI=1S/C23H34BrNO6S2Si/c1-23(2,3)34(6,7)31-22(16-24)19-13-14-21(30-17-18-11-9-8-10-12-18)20(15-19)25(32(4,26)27)33(5,28)29/h8-15,22H,16-17H2,1-7H3/t22-/m1/s1. The molecule has 1 atom stereocenters. The van der Waals surface area contributed by atoms with Gasteiger partial charge in [-0.15, -0.1) is 0 Å². The van der Waals surface area contributed by atoms with E-state index < -0.39 is 34.5 Å². The minimum absolute atomic E-state index is 0.0411. The van der Waals surface area contributed by atoms with Crippen molar-refractivity contribution in [1.29, 1.82) is 0 Å². The van der Waals surface area contributed by atoms with Crippen LogP contribution in [0.3, 0.4) is 0 Å². The van der Waals surface area contributed by atoms with Gasteiger partial charge in [-0.3, -0.25) is 0 Å². The van der Waals surface area contributed by atoms with E-state index in [-0.39, 0.29) is 23.1 Å². The minimum Gasteiger partial charge on any atom is -0.487 e. The number of nitrogens with zero attached hydrogens (tertiary/aromatic N) is 1. The molecule has 0 bridgehead atoms. The van der Waals surface area contributed by atoms with Gasteiger partial charge >= 0.3 is 0 Å². The molecule has 0 amide bonds. The van der Waals surface area contributed by atoms with Gasteiger partial charge in [0.15, 0.2) is 8.32 Å². The van der Waals surface area contributed by atoms with Gasteiger partial charge in [0.05, 0.1) is 18.6 Å². The zero-order chi connectivity index (χ0) is 25.9. The van der Waals surface area contributed by atoms with Crippen LogP contribution in [-0.4, -0.2) is 43.0 Å². The smallest absolute Gasteiger partial charge is 0.245 e. The van der Waals surface area contributed by atoms with Crippen molar-refractivity contribution in [1.82, 2.24) is 0 Å². The number of anilines is 1. The molecule has 0 heterocycles. The molecule has 0 saturated heterocycles. The lowest BCUT2D eigenvalue weighted by Gasteiger charge is -2.39. The molecule has 0 unspecified atom stereocenters. The van der Waals surface area contributed by atoms with Crippen molar-refractivity contribution in [2.75, 3.05) is 21.6 Å². The van der Waals surface area contributed by atoms with Crippen molar-refractivity contribution >= 4 is 50.0 Å². The number of benzene rings is 2. The maximum Gasteiger partial charge on any atom is 0.245 e. The van der Waals surface area contributed by atoms with Crippen molar-refractivity contribution < 1.29 is 26.0 Å². The Morgan fingerprint density at radius 3 is 2.00 bits per heavy atom. The predicted molar refractivity (Wildman–Crippen MR) is 144 cm³/mol. The van der Waals surface area contributed by atoms with Crippen molar-refractivity contribution in [2.45, 2.75) is 51.6 Å². The molecule has 0 fully saturated rings. The first-order chi connectivity index (χ1) is 15.5. The average molecular weight is 593 g/mol. The third-order valence-electron chi connectivity index (χ3n) is 5.77. The number of alkyl halides is 1. The van der Waals surface area contributed by atoms with E-state index >= 15 is 0 Å². The Hall–Kier alpha value is -1.40. The molecule has 11 heteroatoms. The fourth-order valence-electron chi connectivity index (χ4n) is 3.06. The first kappa shape index (κ1) is 28.8. The number of hydrogen-bond acceptors (Lipinski definition) is 6. The molecule has 190 valence electrons. The van der Waals surface area contributed by atoms with E-state index in [1.54, 1.807) is 12.1 Å². The number of halogens is 1. The second-order valence-electron chi connectivity index (χ2n) is 9.75. The summed E-state index contributed by atoms with van der Waals surface area (Å²) in [5.74, 6) is 0.143. The molecule has 0 aliphatic carbocycles. The highest BCUT2D eigenvalue weighted by Gasteiger charge is 2.39. The van der Waals surface area contributed by atoms with Gasteiger partial charge < -0.3 is 9.16 Å². The van der Waals surface area contributed by atoms with Gasteiger partial charge in [-0.05, 0) is 41.4 Å². The summed E-state index contributed by atoms with van der Waals surface area (Å²) in [6.07, 6.45) is 1.31. The summed E-state index contributed by atoms with van der Waals surface area (Å²) in [4.78, 5) is 0. The Morgan fingerprint density at radius 2 is 1.53 bits per heavy atom. The molecule has 0 radical (unpaired) electrons. The van der Waals surface area contributed by atoms with Crippen LogP contribution in [0.2, 0.25) is 18.1 Å². The van der Waals surface area contributed by atoms with E-state index in [1.165, 1.54) is 6.07 Å². The van der Waals surface area contributed by atoms with Gasteiger partial charge in [-0.1, -0.05) is 73.1 Å². The van der Waals surface area contributed by atoms with Crippen LogP contribution < -0.4 is 8.45 Å². The van der Waals surface area contributed by atoms with Gasteiger partial charge in [-0.2, -0.15) is 3.71 Å². The second kappa shape index (κ2) is 10.7. The van der Waals surface area contributed by atoms with Gasteiger partial charge in [-0.25, -0.2) is 16.8 Å². The van der Waals surface area contributed by atoms with E-state index in [9.17, 15) is 16.8 Å². The van der Waals surface area contributed by atoms with Crippen LogP contribution in [0.1, 0.15) is 38.0 Å². The summed E-state index contributed by atoms with van der Waals surface area (Å²) in [7, 11) is -10.5. The lowest BCUT2D eigenvalue weighted by Crippen LogP contribution is -2.42. The average Bonchev–Trinajstić information content (AvgIpc) is 2.69. The Balaban J connectivity index is 2.60. The minimum atomic E-state index is -4.17. The summed E-state index contributed by atoms with van der Waals surface area (Å²) < 4.78 is 63.2. The van der Waals surface area contributed by atoms with Crippen molar-refractivity contribution in [3.63, 3.8) is 0 Å². The number of sulfonamides is 2. The summed E-state index contributed by atoms with van der Waals surface area (Å²) in [6, 6.07) is 14.2. The molecule has 34 heavy (non-hydrogen) atoms. The molecule has 0 aliphatic heterocycles. The number of rotatable bonds is 10. The fourth-order valence-corrected chi connectivity index (χ4v) is 8.06. The maximum absolute atomic E-state index is 12.6. The van der Waals surface area contributed by atoms with E-state index in [0.717, 1.165) is 18.1 Å². The van der Waals surface area contributed by atoms with Crippen LogP contribution in [0.25, 0.3) is 0 Å². The zero-order valence-electron chi connectivity index (χ0n) is 20.7. The van der Waals surface area contributed by atoms with E-state index in [4.69, 9.17) is 9.16 Å². The maximum atomic E-state index is 12.6. The molecule has 0 spiro atoms. The number of hydrogen-bond donors (Lipinski definition) is 0. The van der Waals surface area contributed by atoms with E-state index in [0.29, 0.717) is 14.6 Å². The molecule has 0 aromatic heterocycles. The third kappa shape index (κ3) is 7.30. The normalized spacial score (nSPS) is 14.0. The van der Waals surface area contributed by atoms with Gasteiger partial charge in [0, 0.05) is 5.33 Å².